The van der Waals surface area contributed by atoms with Crippen LogP contribution in [-0.2, 0) is 14.3 Å². The van der Waals surface area contributed by atoms with E-state index in [1.807, 2.05) is 0 Å². The van der Waals surface area contributed by atoms with Crippen molar-refractivity contribution in [3.8, 4) is 5.75 Å². The Hall–Kier alpha value is -4.31. The first-order valence-electron chi connectivity index (χ1n) is 10.7. The highest BCUT2D eigenvalue weighted by Gasteiger charge is 2.48. The van der Waals surface area contributed by atoms with Gasteiger partial charge in [0, 0.05) is 5.56 Å². The largest absolute Gasteiger partial charge is 0.507 e. The van der Waals surface area contributed by atoms with Crippen LogP contribution in [0.1, 0.15) is 32.5 Å². The number of amides is 1. The minimum absolute atomic E-state index is 0.00248. The molecule has 0 bridgehead atoms. The van der Waals surface area contributed by atoms with Crippen molar-refractivity contribution < 1.29 is 33.4 Å². The monoisotopic (exact) mass is 508 g/mol. The molecule has 0 saturated carbocycles. The van der Waals surface area contributed by atoms with Crippen LogP contribution in [0.15, 0.2) is 66.8 Å². The number of Topliss-reactive ketones (excluding diaryl/α,β-unsaturated/α-hetero) is 1. The number of benzene rings is 2. The molecule has 2 heterocycles. The number of aromatic nitrogens is 1. The molecule has 36 heavy (non-hydrogen) atoms. The Labute approximate surface area is 209 Å². The van der Waals surface area contributed by atoms with Gasteiger partial charge in [-0.05, 0) is 48.9 Å². The predicted molar refractivity (Wildman–Crippen MR) is 132 cm³/mol. The van der Waals surface area contributed by atoms with Gasteiger partial charge in [-0.2, -0.15) is 0 Å². The predicted octanol–water partition coefficient (Wildman–Crippen LogP) is 4.57. The van der Waals surface area contributed by atoms with E-state index in [1.54, 1.807) is 31.2 Å². The van der Waals surface area contributed by atoms with Crippen LogP contribution >= 0.6 is 11.3 Å². The Morgan fingerprint density at radius 1 is 1.25 bits per heavy atom. The van der Waals surface area contributed by atoms with Gasteiger partial charge in [0.2, 0.25) is 0 Å². The number of hydrogen-bond donors (Lipinski definition) is 1. The molecule has 2 aromatic carbocycles. The lowest BCUT2D eigenvalue weighted by molar-refractivity contribution is -0.132. The van der Waals surface area contributed by atoms with Crippen LogP contribution in [0.2, 0.25) is 0 Å². The van der Waals surface area contributed by atoms with Crippen LogP contribution in [0.25, 0.3) is 5.76 Å². The molecule has 0 aliphatic carbocycles. The summed E-state index contributed by atoms with van der Waals surface area (Å²) in [6.45, 7) is 5.09. The van der Waals surface area contributed by atoms with E-state index in [0.717, 1.165) is 28.4 Å². The summed E-state index contributed by atoms with van der Waals surface area (Å²) < 4.78 is 23.9. The molecular formula is C26H21FN2O6S. The molecule has 1 aromatic heterocycles. The highest BCUT2D eigenvalue weighted by atomic mass is 32.1. The zero-order valence-corrected chi connectivity index (χ0v) is 20.2. The zero-order chi connectivity index (χ0) is 26.0. The van der Waals surface area contributed by atoms with E-state index in [-0.39, 0.29) is 27.8 Å². The number of hydrogen-bond acceptors (Lipinski definition) is 8. The Morgan fingerprint density at radius 3 is 2.64 bits per heavy atom. The van der Waals surface area contributed by atoms with Crippen LogP contribution in [0.4, 0.5) is 9.52 Å². The van der Waals surface area contributed by atoms with Gasteiger partial charge in [-0.15, -0.1) is 0 Å². The van der Waals surface area contributed by atoms with Crippen molar-refractivity contribution in [1.29, 1.82) is 0 Å². The number of esters is 1. The van der Waals surface area contributed by atoms with E-state index in [4.69, 9.17) is 9.47 Å². The molecule has 1 aliphatic rings. The molecule has 1 saturated heterocycles. The molecule has 1 unspecified atom stereocenters. The fourth-order valence-electron chi connectivity index (χ4n) is 3.79. The van der Waals surface area contributed by atoms with E-state index in [1.165, 1.54) is 25.3 Å². The van der Waals surface area contributed by atoms with Gasteiger partial charge in [0.05, 0.1) is 24.4 Å². The maximum atomic E-state index is 13.5. The maximum Gasteiger partial charge on any atom is 0.350 e. The molecule has 1 amide bonds. The summed E-state index contributed by atoms with van der Waals surface area (Å²) in [4.78, 5) is 44.6. The van der Waals surface area contributed by atoms with E-state index in [0.29, 0.717) is 17.0 Å². The number of carbonyl (C=O) groups excluding carboxylic acids is 3. The van der Waals surface area contributed by atoms with Gasteiger partial charge in [-0.3, -0.25) is 14.5 Å². The van der Waals surface area contributed by atoms with Gasteiger partial charge >= 0.3 is 11.9 Å². The van der Waals surface area contributed by atoms with Crippen LogP contribution in [0.3, 0.4) is 0 Å². The first-order chi connectivity index (χ1) is 17.3. The van der Waals surface area contributed by atoms with Crippen molar-refractivity contribution in [2.24, 2.45) is 0 Å². The molecule has 1 atom stereocenters. The van der Waals surface area contributed by atoms with Crippen molar-refractivity contribution >= 4 is 39.9 Å². The third-order valence-electron chi connectivity index (χ3n) is 5.48. The maximum absolute atomic E-state index is 13.5. The van der Waals surface area contributed by atoms with Gasteiger partial charge < -0.3 is 14.6 Å². The van der Waals surface area contributed by atoms with E-state index in [2.05, 4.69) is 11.6 Å². The van der Waals surface area contributed by atoms with Crippen molar-refractivity contribution in [3.05, 3.63) is 94.3 Å². The second-order valence-electron chi connectivity index (χ2n) is 7.75. The SMILES string of the molecule is C=CCOC(=O)c1sc(N2C(=O)C(=O)/C(=C(\O)c3ccc(F)cc3)C2c2cccc(OC)c2)nc1C. The summed E-state index contributed by atoms with van der Waals surface area (Å²) in [6.07, 6.45) is 1.42. The molecule has 0 radical (unpaired) electrons. The fraction of sp³-hybridized carbons (Fsp3) is 0.154. The summed E-state index contributed by atoms with van der Waals surface area (Å²) in [5.41, 5.74) is 0.726. The highest BCUT2D eigenvalue weighted by molar-refractivity contribution is 7.17. The number of aliphatic hydroxyl groups excluding tert-OH is 1. The molecule has 1 fully saturated rings. The van der Waals surface area contributed by atoms with E-state index in [9.17, 15) is 23.9 Å². The molecule has 184 valence electrons. The Kier molecular flexibility index (Phi) is 6.98. The second kappa shape index (κ2) is 10.1. The van der Waals surface area contributed by atoms with Gasteiger partial charge in [0.25, 0.3) is 5.78 Å². The van der Waals surface area contributed by atoms with E-state index < -0.39 is 35.3 Å². The number of anilines is 1. The van der Waals surface area contributed by atoms with Crippen LogP contribution in [0.5, 0.6) is 5.75 Å². The molecule has 1 aliphatic heterocycles. The summed E-state index contributed by atoms with van der Waals surface area (Å²) in [7, 11) is 1.47. The minimum Gasteiger partial charge on any atom is -0.507 e. The lowest BCUT2D eigenvalue weighted by atomic mass is 9.95. The summed E-state index contributed by atoms with van der Waals surface area (Å²) in [6, 6.07) is 10.5. The number of thiazole rings is 1. The van der Waals surface area contributed by atoms with Gasteiger partial charge in [0.1, 0.15) is 28.8 Å². The highest BCUT2D eigenvalue weighted by Crippen LogP contribution is 2.44. The number of halogens is 1. The first-order valence-corrected chi connectivity index (χ1v) is 11.5. The molecule has 8 nitrogen and oxygen atoms in total. The number of methoxy groups -OCH3 is 1. The first kappa shape index (κ1) is 24.8. The molecule has 10 heteroatoms. The minimum atomic E-state index is -1.09. The third kappa shape index (κ3) is 4.50. The lowest BCUT2D eigenvalue weighted by Crippen LogP contribution is -2.29. The molecule has 4 rings (SSSR count). The zero-order valence-electron chi connectivity index (χ0n) is 19.4. The number of aryl methyl sites for hydroxylation is 1. The van der Waals surface area contributed by atoms with Crippen LogP contribution in [0, 0.1) is 12.7 Å². The summed E-state index contributed by atoms with van der Waals surface area (Å²) in [5.74, 6) is -3.06. The van der Waals surface area contributed by atoms with E-state index >= 15 is 0 Å². The number of nitrogens with zero attached hydrogens (tertiary/aromatic N) is 2. The molecule has 1 N–H and O–H groups in total. The molecular weight excluding hydrogens is 487 g/mol. The average Bonchev–Trinajstić information content (AvgIpc) is 3.39. The molecule has 3 aromatic rings. The van der Waals surface area contributed by atoms with Crippen LogP contribution in [-0.4, -0.2) is 41.5 Å². The Morgan fingerprint density at radius 2 is 1.97 bits per heavy atom. The lowest BCUT2D eigenvalue weighted by Gasteiger charge is -2.23. The third-order valence-corrected chi connectivity index (χ3v) is 6.62. The standard InChI is InChI=1S/C26H21FN2O6S/c1-4-12-35-25(33)23-14(2)28-26(36-23)29-20(16-6-5-7-18(13-16)34-3)19(22(31)24(29)32)21(30)15-8-10-17(27)11-9-15/h4-11,13,20,30H,1,12H2,2-3H3/b21-19-. The average molecular weight is 509 g/mol. The normalized spacial score (nSPS) is 16.8. The summed E-state index contributed by atoms with van der Waals surface area (Å²) >= 11 is 0.889. The Balaban J connectivity index is 1.90. The topological polar surface area (TPSA) is 106 Å². The number of aliphatic hydroxyl groups is 1. The quantitative estimate of drug-likeness (QED) is 0.164. The number of ether oxygens (including phenoxy) is 2. The molecule has 0 spiro atoms. The Bertz CT molecular complexity index is 1400. The second-order valence-corrected chi connectivity index (χ2v) is 8.73. The number of ketones is 1. The van der Waals surface area contributed by atoms with Gasteiger partial charge in [-0.25, -0.2) is 14.2 Å². The van der Waals surface area contributed by atoms with Gasteiger partial charge in [0.15, 0.2) is 5.13 Å². The van der Waals surface area contributed by atoms with Crippen LogP contribution < -0.4 is 9.64 Å². The van der Waals surface area contributed by atoms with Crippen molar-refractivity contribution in [1.82, 2.24) is 4.98 Å². The van der Waals surface area contributed by atoms with Crippen molar-refractivity contribution in [2.45, 2.75) is 13.0 Å². The fourth-order valence-corrected chi connectivity index (χ4v) is 4.78. The van der Waals surface area contributed by atoms with Crippen molar-refractivity contribution in [2.75, 3.05) is 18.6 Å². The van der Waals surface area contributed by atoms with Crippen molar-refractivity contribution in [3.63, 3.8) is 0 Å². The van der Waals surface area contributed by atoms with Gasteiger partial charge in [-0.1, -0.05) is 36.1 Å². The summed E-state index contributed by atoms with van der Waals surface area (Å²) in [5, 5.41) is 11.2. The number of rotatable bonds is 7. The smallest absolute Gasteiger partial charge is 0.350 e. The number of carbonyl (C=O) groups is 3.